The van der Waals surface area contributed by atoms with Gasteiger partial charge < -0.3 is 10.1 Å². The van der Waals surface area contributed by atoms with Crippen LogP contribution < -0.4 is 10.1 Å². The highest BCUT2D eigenvalue weighted by Crippen LogP contribution is 2.37. The van der Waals surface area contributed by atoms with Crippen LogP contribution in [-0.2, 0) is 13.0 Å². The van der Waals surface area contributed by atoms with Gasteiger partial charge in [0.1, 0.15) is 11.4 Å². The molecule has 0 bridgehead atoms. The summed E-state index contributed by atoms with van der Waals surface area (Å²) in [6, 6.07) is 6.56. The molecule has 2 heteroatoms. The molecular formula is C18H27NO. The fourth-order valence-electron chi connectivity index (χ4n) is 3.65. The van der Waals surface area contributed by atoms with Gasteiger partial charge in [-0.3, -0.25) is 0 Å². The van der Waals surface area contributed by atoms with Crippen molar-refractivity contribution in [2.24, 2.45) is 5.92 Å². The van der Waals surface area contributed by atoms with Crippen molar-refractivity contribution in [2.45, 2.75) is 64.5 Å². The van der Waals surface area contributed by atoms with Gasteiger partial charge in [0.2, 0.25) is 0 Å². The predicted molar refractivity (Wildman–Crippen MR) is 83.1 cm³/mol. The zero-order chi connectivity index (χ0) is 14.0. The highest BCUT2D eigenvalue weighted by molar-refractivity contribution is 5.45. The Morgan fingerprint density at radius 3 is 2.85 bits per heavy atom. The van der Waals surface area contributed by atoms with E-state index < -0.39 is 0 Å². The number of ether oxygens (including phenoxy) is 1. The Bertz CT molecular complexity index is 460. The summed E-state index contributed by atoms with van der Waals surface area (Å²) >= 11 is 0. The number of nitrogens with one attached hydrogen (secondary N) is 1. The second-order valence-electron chi connectivity index (χ2n) is 7.06. The highest BCUT2D eigenvalue weighted by Gasteiger charge is 2.31. The molecular weight excluding hydrogens is 246 g/mol. The summed E-state index contributed by atoms with van der Waals surface area (Å²) in [5, 5.41) is 3.61. The molecule has 20 heavy (non-hydrogen) atoms. The maximum Gasteiger partial charge on any atom is 0.127 e. The maximum absolute atomic E-state index is 6.12. The van der Waals surface area contributed by atoms with E-state index in [2.05, 4.69) is 37.4 Å². The smallest absolute Gasteiger partial charge is 0.127 e. The molecule has 0 unspecified atom stereocenters. The first-order chi connectivity index (χ1) is 9.64. The zero-order valence-corrected chi connectivity index (χ0v) is 12.9. The molecule has 110 valence electrons. The van der Waals surface area contributed by atoms with Crippen LogP contribution in [0.4, 0.5) is 0 Å². The minimum Gasteiger partial charge on any atom is -0.487 e. The fourth-order valence-corrected chi connectivity index (χ4v) is 3.65. The van der Waals surface area contributed by atoms with Crippen LogP contribution in [0.3, 0.4) is 0 Å². The lowest BCUT2D eigenvalue weighted by molar-refractivity contribution is 0.137. The van der Waals surface area contributed by atoms with Crippen molar-refractivity contribution in [1.82, 2.24) is 5.32 Å². The first kappa shape index (κ1) is 13.9. The molecule has 2 nitrogen and oxygen atoms in total. The maximum atomic E-state index is 6.12. The fraction of sp³-hybridized carbons (Fsp3) is 0.667. The molecule has 3 rings (SSSR count). The standard InChI is InChI=1S/C18H27NO/c1-18(2)12-15-8-5-9-16(17(15)20-18)13-19-11-10-14-6-3-4-7-14/h5,8-9,14,19H,3-4,6-7,10-13H2,1-2H3. The molecule has 0 saturated heterocycles. The lowest BCUT2D eigenvalue weighted by Gasteiger charge is -2.18. The normalized spacial score (nSPS) is 20.9. The highest BCUT2D eigenvalue weighted by atomic mass is 16.5. The molecule has 1 N–H and O–H groups in total. The Hall–Kier alpha value is -1.02. The second-order valence-corrected chi connectivity index (χ2v) is 7.06. The number of hydrogen-bond acceptors (Lipinski definition) is 2. The van der Waals surface area contributed by atoms with Crippen LogP contribution in [0.25, 0.3) is 0 Å². The summed E-state index contributed by atoms with van der Waals surface area (Å²) in [6.45, 7) is 6.41. The van der Waals surface area contributed by atoms with Gasteiger partial charge >= 0.3 is 0 Å². The Morgan fingerprint density at radius 1 is 1.25 bits per heavy atom. The Balaban J connectivity index is 1.52. The van der Waals surface area contributed by atoms with Crippen molar-refractivity contribution >= 4 is 0 Å². The van der Waals surface area contributed by atoms with Gasteiger partial charge in [0.15, 0.2) is 0 Å². The Kier molecular flexibility index (Phi) is 4.02. The third-order valence-corrected chi connectivity index (χ3v) is 4.69. The molecule has 0 atom stereocenters. The van der Waals surface area contributed by atoms with Crippen LogP contribution in [0.15, 0.2) is 18.2 Å². The quantitative estimate of drug-likeness (QED) is 0.817. The van der Waals surface area contributed by atoms with Crippen molar-refractivity contribution in [1.29, 1.82) is 0 Å². The Morgan fingerprint density at radius 2 is 2.05 bits per heavy atom. The Labute approximate surface area is 122 Å². The molecule has 0 amide bonds. The largest absolute Gasteiger partial charge is 0.487 e. The van der Waals surface area contributed by atoms with Gasteiger partial charge in [0.05, 0.1) is 0 Å². The molecule has 1 saturated carbocycles. The lowest BCUT2D eigenvalue weighted by atomic mass is 10.0. The molecule has 1 aliphatic heterocycles. The van der Waals surface area contributed by atoms with Gasteiger partial charge in [-0.2, -0.15) is 0 Å². The van der Waals surface area contributed by atoms with E-state index in [0.717, 1.165) is 31.2 Å². The third-order valence-electron chi connectivity index (χ3n) is 4.69. The van der Waals surface area contributed by atoms with Crippen LogP contribution in [0.1, 0.15) is 57.1 Å². The molecule has 1 aromatic rings. The molecule has 0 radical (unpaired) electrons. The van der Waals surface area contributed by atoms with E-state index in [1.807, 2.05) is 0 Å². The van der Waals surface area contributed by atoms with Crippen molar-refractivity contribution in [3.05, 3.63) is 29.3 Å². The summed E-state index contributed by atoms with van der Waals surface area (Å²) in [5.74, 6) is 2.10. The number of benzene rings is 1. The number of para-hydroxylation sites is 1. The van der Waals surface area contributed by atoms with Crippen molar-refractivity contribution in [3.8, 4) is 5.75 Å². The summed E-state index contributed by atoms with van der Waals surface area (Å²) in [7, 11) is 0. The van der Waals surface area contributed by atoms with E-state index >= 15 is 0 Å². The van der Waals surface area contributed by atoms with Crippen LogP contribution in [-0.4, -0.2) is 12.1 Å². The summed E-state index contributed by atoms with van der Waals surface area (Å²) < 4.78 is 6.12. The first-order valence-corrected chi connectivity index (χ1v) is 8.14. The van der Waals surface area contributed by atoms with E-state index in [1.165, 1.54) is 43.2 Å². The number of fused-ring (bicyclic) bond motifs is 1. The van der Waals surface area contributed by atoms with Crippen LogP contribution in [0, 0.1) is 5.92 Å². The molecule has 1 fully saturated rings. The predicted octanol–water partition coefficient (Wildman–Crippen LogP) is 4.07. The van der Waals surface area contributed by atoms with Crippen molar-refractivity contribution in [2.75, 3.05) is 6.54 Å². The van der Waals surface area contributed by atoms with Crippen molar-refractivity contribution < 1.29 is 4.74 Å². The van der Waals surface area contributed by atoms with Gasteiger partial charge in [-0.15, -0.1) is 0 Å². The van der Waals surface area contributed by atoms with Gasteiger partial charge in [0, 0.05) is 18.5 Å². The third kappa shape index (κ3) is 3.17. The van der Waals surface area contributed by atoms with Gasteiger partial charge in [-0.05, 0) is 38.3 Å². The monoisotopic (exact) mass is 273 g/mol. The molecule has 2 aliphatic rings. The van der Waals surface area contributed by atoms with E-state index in [1.54, 1.807) is 0 Å². The minimum atomic E-state index is -0.0394. The summed E-state index contributed by atoms with van der Waals surface area (Å²) in [5.41, 5.74) is 2.65. The van der Waals surface area contributed by atoms with Crippen LogP contribution in [0.5, 0.6) is 5.75 Å². The van der Waals surface area contributed by atoms with Gasteiger partial charge in [-0.25, -0.2) is 0 Å². The van der Waals surface area contributed by atoms with Crippen molar-refractivity contribution in [3.63, 3.8) is 0 Å². The molecule has 0 spiro atoms. The van der Waals surface area contributed by atoms with Crippen LogP contribution in [0.2, 0.25) is 0 Å². The molecule has 1 aliphatic carbocycles. The van der Waals surface area contributed by atoms with E-state index in [9.17, 15) is 0 Å². The van der Waals surface area contributed by atoms with Crippen LogP contribution >= 0.6 is 0 Å². The van der Waals surface area contributed by atoms with E-state index in [0.29, 0.717) is 0 Å². The first-order valence-electron chi connectivity index (χ1n) is 8.14. The minimum absolute atomic E-state index is 0.0394. The lowest BCUT2D eigenvalue weighted by Crippen LogP contribution is -2.25. The number of hydrogen-bond donors (Lipinski definition) is 1. The topological polar surface area (TPSA) is 21.3 Å². The molecule has 1 heterocycles. The average molecular weight is 273 g/mol. The van der Waals surface area contributed by atoms with Gasteiger partial charge in [-0.1, -0.05) is 43.9 Å². The van der Waals surface area contributed by atoms with Gasteiger partial charge in [0.25, 0.3) is 0 Å². The summed E-state index contributed by atoms with van der Waals surface area (Å²) in [6.07, 6.45) is 8.14. The average Bonchev–Trinajstić information content (AvgIpc) is 3.00. The number of rotatable bonds is 5. The molecule has 0 aromatic heterocycles. The zero-order valence-electron chi connectivity index (χ0n) is 12.9. The van der Waals surface area contributed by atoms with E-state index in [4.69, 9.17) is 4.74 Å². The molecule has 1 aromatic carbocycles. The summed E-state index contributed by atoms with van der Waals surface area (Å²) in [4.78, 5) is 0. The second kappa shape index (κ2) is 5.77. The van der Waals surface area contributed by atoms with E-state index in [-0.39, 0.29) is 5.60 Å². The SMILES string of the molecule is CC1(C)Cc2cccc(CNCCC3CCCC3)c2O1.